The maximum atomic E-state index is 14.5. The topological polar surface area (TPSA) is 272 Å². The van der Waals surface area contributed by atoms with Gasteiger partial charge in [-0.3, -0.25) is 34.3 Å². The molecular weight excluding hydrogens is 1190 g/mol. The van der Waals surface area contributed by atoms with E-state index in [1.807, 2.05) is 121 Å². The summed E-state index contributed by atoms with van der Waals surface area (Å²) in [5.41, 5.74) is 13.2. The molecule has 94 heavy (non-hydrogen) atoms. The molecule has 484 valence electrons. The Morgan fingerprint density at radius 2 is 1.57 bits per heavy atom. The minimum Gasteiger partial charge on any atom is -0.495 e. The highest BCUT2D eigenvalue weighted by Gasteiger charge is 2.46. The van der Waals surface area contributed by atoms with Crippen molar-refractivity contribution in [3.05, 3.63) is 172 Å². The van der Waals surface area contributed by atoms with Gasteiger partial charge < -0.3 is 55.0 Å². The third-order valence-corrected chi connectivity index (χ3v) is 19.2. The summed E-state index contributed by atoms with van der Waals surface area (Å²) in [5.74, 6) is 5.27. The summed E-state index contributed by atoms with van der Waals surface area (Å²) in [6.45, 7) is 5.55. The fourth-order valence-electron chi connectivity index (χ4n) is 14.0. The lowest BCUT2D eigenvalue weighted by molar-refractivity contribution is -0.133. The average molecular weight is 1270 g/mol. The largest absolute Gasteiger partial charge is 0.495 e. The van der Waals surface area contributed by atoms with Gasteiger partial charge in [0.1, 0.15) is 24.0 Å². The molecule has 0 bridgehead atoms. The van der Waals surface area contributed by atoms with Gasteiger partial charge in [-0.1, -0.05) is 96.8 Å². The molecule has 4 fully saturated rings. The molecule has 5 aromatic carbocycles. The van der Waals surface area contributed by atoms with E-state index in [4.69, 9.17) is 29.9 Å². The smallest absolute Gasteiger partial charge is 0.408 e. The number of methoxy groups -OCH3 is 1. The van der Waals surface area contributed by atoms with Crippen LogP contribution < -0.4 is 41.8 Å². The minimum absolute atomic E-state index is 0.111. The number of fused-ring (bicyclic) bond motifs is 5. The molecule has 8 aromatic rings. The lowest BCUT2D eigenvalue weighted by Crippen LogP contribution is -2.55. The molecule has 22 nitrogen and oxygen atoms in total. The van der Waals surface area contributed by atoms with Crippen LogP contribution in [0.2, 0.25) is 0 Å². The summed E-state index contributed by atoms with van der Waals surface area (Å²) in [7, 11) is 3.28. The number of H-pyrrole nitrogens is 1. The van der Waals surface area contributed by atoms with Gasteiger partial charge in [-0.2, -0.15) is 0 Å². The molecular formula is C72H76N12O10. The summed E-state index contributed by atoms with van der Waals surface area (Å²) in [6, 6.07) is 37.1. The first kappa shape index (κ1) is 62.9. The van der Waals surface area contributed by atoms with Crippen LogP contribution in [0.15, 0.2) is 139 Å². The van der Waals surface area contributed by atoms with Crippen LogP contribution in [0.25, 0.3) is 44.1 Å². The van der Waals surface area contributed by atoms with E-state index >= 15 is 0 Å². The summed E-state index contributed by atoms with van der Waals surface area (Å²) in [5, 5.41) is 21.2. The second-order valence-electron chi connectivity index (χ2n) is 25.3. The Morgan fingerprint density at radius 1 is 0.851 bits per heavy atom. The number of carbonyl (C=O) groups is 5. The quantitative estimate of drug-likeness (QED) is 0.0226. The minimum atomic E-state index is -1.49. The van der Waals surface area contributed by atoms with Gasteiger partial charge in [0, 0.05) is 105 Å². The van der Waals surface area contributed by atoms with Crippen molar-refractivity contribution in [3.8, 4) is 39.8 Å². The third-order valence-electron chi connectivity index (χ3n) is 19.2. The van der Waals surface area contributed by atoms with Gasteiger partial charge >= 0.3 is 12.1 Å². The Hall–Kier alpha value is -9.92. The number of carbonyl (C=O) groups excluding carboxylic acids is 4. The number of rotatable bonds is 21. The molecule has 6 amide bonds. The van der Waals surface area contributed by atoms with Gasteiger partial charge in [-0.15, -0.1) is 0 Å². The highest BCUT2D eigenvalue weighted by Crippen LogP contribution is 2.47. The number of hydrogen-bond donors (Lipinski definition) is 6. The van der Waals surface area contributed by atoms with Crippen molar-refractivity contribution in [3.63, 3.8) is 0 Å². The normalized spacial score (nSPS) is 17.6. The van der Waals surface area contributed by atoms with Gasteiger partial charge in [0.05, 0.1) is 49.7 Å². The maximum absolute atomic E-state index is 14.5. The Balaban J connectivity index is 0.749. The Kier molecular flexibility index (Phi) is 17.8. The van der Waals surface area contributed by atoms with E-state index in [1.165, 1.54) is 4.90 Å². The van der Waals surface area contributed by atoms with Crippen molar-refractivity contribution in [2.75, 3.05) is 76.1 Å². The Morgan fingerprint density at radius 3 is 2.27 bits per heavy atom. The Labute approximate surface area is 543 Å². The number of primary amides is 1. The summed E-state index contributed by atoms with van der Waals surface area (Å²) >= 11 is 0. The number of hydrogen-bond acceptors (Lipinski definition) is 14. The van der Waals surface area contributed by atoms with Gasteiger partial charge in [-0.05, 0) is 115 Å². The molecule has 22 heteroatoms. The number of nitrogens with two attached hydrogens (primary N) is 1. The number of benzene rings is 5. The zero-order chi connectivity index (χ0) is 65.3. The highest BCUT2D eigenvalue weighted by molar-refractivity contribution is 6.06. The van der Waals surface area contributed by atoms with Crippen molar-refractivity contribution in [2.45, 2.75) is 93.5 Å². The number of pyridine rings is 1. The molecule has 1 saturated carbocycles. The molecule has 2 aliphatic carbocycles. The van der Waals surface area contributed by atoms with Crippen LogP contribution in [0.3, 0.4) is 0 Å². The second kappa shape index (κ2) is 26.6. The number of likely N-dealkylation sites (tertiary alicyclic amines) is 1. The average Bonchev–Trinajstić information content (AvgIpc) is 1.66. The predicted octanol–water partition coefficient (Wildman–Crippen LogP) is 7.95. The van der Waals surface area contributed by atoms with Crippen molar-refractivity contribution >= 4 is 63.3 Å². The van der Waals surface area contributed by atoms with E-state index in [0.717, 1.165) is 106 Å². The fourth-order valence-corrected chi connectivity index (χ4v) is 14.0. The molecule has 2 atom stereocenters. The summed E-state index contributed by atoms with van der Waals surface area (Å²) in [4.78, 5) is 99.9. The van der Waals surface area contributed by atoms with Crippen LogP contribution >= 0.6 is 0 Å². The van der Waals surface area contributed by atoms with Crippen molar-refractivity contribution < 1.29 is 43.3 Å². The van der Waals surface area contributed by atoms with Crippen LogP contribution in [-0.2, 0) is 36.5 Å². The zero-order valence-corrected chi connectivity index (χ0v) is 52.9. The molecule has 3 aromatic heterocycles. The van der Waals surface area contributed by atoms with Crippen LogP contribution in [-0.4, -0.2) is 154 Å². The number of anilines is 2. The predicted molar refractivity (Wildman–Crippen MR) is 356 cm³/mol. The molecule has 6 heterocycles. The molecule has 13 rings (SSSR count). The molecule has 3 aliphatic heterocycles. The van der Waals surface area contributed by atoms with E-state index in [0.29, 0.717) is 65.2 Å². The molecule has 5 aliphatic rings. The molecule has 7 N–H and O–H groups in total. The molecule has 0 spiro atoms. The van der Waals surface area contributed by atoms with E-state index in [9.17, 15) is 33.9 Å². The first-order chi connectivity index (χ1) is 45.6. The number of ether oxygens (including phenoxy) is 3. The number of aromatic nitrogens is 4. The van der Waals surface area contributed by atoms with E-state index < -0.39 is 54.7 Å². The van der Waals surface area contributed by atoms with Crippen molar-refractivity contribution in [1.29, 1.82) is 0 Å². The van der Waals surface area contributed by atoms with E-state index in [-0.39, 0.29) is 49.2 Å². The molecule has 0 unspecified atom stereocenters. The standard InChI is InChI=1S/C72H76N12O10/c1-71(76-31-11-12-45-19-24-61(92-3)59(38-45)83-35-28-63(86)78-69(83)89)29-36-81(37-30-71)48-26-33-82(34-27-48)68-77-58-23-20-46(56-41-80(2)67(88)64-54(56)25-32-74-64)39-55(58)65(79-68)72(94-49-21-22-49,47-13-5-4-6-14-47)43-93-44-75-66(87)60(40-62(73)85)84(70(90)91)42-57-52-17-9-7-15-50(52)51-16-8-10-18-53(51)57/h4-10,13-20,23-25,32,38-39,41,48-49,57,60,74,76H,21-22,26-31,33-37,40,42-44H2,1-3H3,(H2,73,85)(H,75,87)(H,90,91)(H,78,86,89)/t60-,72-/m0/s1. The fraction of sp³-hybridized carbons (Fsp3) is 0.361. The van der Waals surface area contributed by atoms with Crippen LogP contribution in [0, 0.1) is 11.8 Å². The number of nitrogens with zero attached hydrogens (tertiary/aromatic N) is 7. The van der Waals surface area contributed by atoms with E-state index in [1.54, 1.807) is 31.0 Å². The third kappa shape index (κ3) is 12.8. The van der Waals surface area contributed by atoms with Crippen LogP contribution in [0.1, 0.15) is 92.2 Å². The number of carboxylic acid groups (broad SMARTS) is 1. The Bertz CT molecular complexity index is 4310. The number of nitrogens with one attached hydrogen (secondary N) is 4. The van der Waals surface area contributed by atoms with Crippen LogP contribution in [0.4, 0.5) is 21.2 Å². The molecule has 3 saturated heterocycles. The maximum Gasteiger partial charge on any atom is 0.408 e. The number of imide groups is 1. The van der Waals surface area contributed by atoms with Gasteiger partial charge in [0.25, 0.3) is 5.56 Å². The monoisotopic (exact) mass is 1270 g/mol. The number of piperidine rings is 2. The first-order valence-electron chi connectivity index (χ1n) is 32.1. The number of urea groups is 1. The summed E-state index contributed by atoms with van der Waals surface area (Å²) < 4.78 is 21.1. The first-order valence-corrected chi connectivity index (χ1v) is 32.1. The summed E-state index contributed by atoms with van der Waals surface area (Å²) in [6.07, 6.45) is 6.90. The zero-order valence-electron chi connectivity index (χ0n) is 52.9. The van der Waals surface area contributed by atoms with Crippen molar-refractivity contribution in [2.24, 2.45) is 12.8 Å². The number of aromatic amines is 1. The highest BCUT2D eigenvalue weighted by atomic mass is 16.6. The lowest BCUT2D eigenvalue weighted by atomic mass is 9.87. The number of amides is 6. The van der Waals surface area contributed by atoms with Gasteiger partial charge in [0.2, 0.25) is 23.7 Å². The van der Waals surface area contributed by atoms with E-state index in [2.05, 4.69) is 49.5 Å². The van der Waals surface area contributed by atoms with Gasteiger partial charge in [-0.25, -0.2) is 19.6 Å². The number of aryl methyl sites for hydroxylation is 1. The van der Waals surface area contributed by atoms with Crippen LogP contribution in [0.5, 0.6) is 5.75 Å². The molecule has 0 radical (unpaired) electrons. The SMILES string of the molecule is COc1ccc(C#CCNC2(C)CCN(C3CCN(c4nc([C@@](COCNC(=O)[C@H](CC(N)=O)N(CC5c6ccccc6-c6ccccc65)C(=O)O)(OC5CC5)c5ccccc5)c5cc(-c6cn(C)c(=O)c7[nH]ccc67)ccc5n4)CC3)CC2)cc1N1CCC(=O)NC1=O. The second-order valence-corrected chi connectivity index (χ2v) is 25.3. The van der Waals surface area contributed by atoms with Gasteiger partial charge in [0.15, 0.2) is 5.60 Å². The van der Waals surface area contributed by atoms with Crippen molar-refractivity contribution in [1.82, 2.24) is 45.3 Å². The lowest BCUT2D eigenvalue weighted by Gasteiger charge is -2.45.